The Morgan fingerprint density at radius 1 is 1.56 bits per heavy atom. The van der Waals surface area contributed by atoms with Crippen molar-refractivity contribution in [2.75, 3.05) is 12.4 Å². The van der Waals surface area contributed by atoms with Crippen molar-refractivity contribution in [1.82, 2.24) is 0 Å². The van der Waals surface area contributed by atoms with Crippen LogP contribution < -0.4 is 5.32 Å². The average molecular weight is 271 g/mol. The Morgan fingerprint density at radius 3 is 2.61 bits per heavy atom. The lowest BCUT2D eigenvalue weighted by Crippen LogP contribution is -2.41. The van der Waals surface area contributed by atoms with E-state index in [1.807, 2.05) is 6.92 Å². The second-order valence-electron chi connectivity index (χ2n) is 4.17. The summed E-state index contributed by atoms with van der Waals surface area (Å²) in [6.45, 7) is 5.26. The van der Waals surface area contributed by atoms with Crippen molar-refractivity contribution < 1.29 is 19.4 Å². The van der Waals surface area contributed by atoms with E-state index in [4.69, 9.17) is 9.84 Å². The van der Waals surface area contributed by atoms with Gasteiger partial charge in [0, 0.05) is 7.11 Å². The van der Waals surface area contributed by atoms with Gasteiger partial charge < -0.3 is 15.2 Å². The van der Waals surface area contributed by atoms with E-state index >= 15 is 0 Å². The second kappa shape index (κ2) is 5.49. The molecule has 0 saturated heterocycles. The number of hydrogen-bond donors (Lipinski definition) is 2. The highest BCUT2D eigenvalue weighted by molar-refractivity contribution is 7.12. The molecule has 1 aromatic heterocycles. The maximum Gasteiger partial charge on any atom is 0.348 e. The number of carbonyl (C=O) groups is 2. The lowest BCUT2D eigenvalue weighted by Gasteiger charge is -2.25. The van der Waals surface area contributed by atoms with Crippen molar-refractivity contribution in [3.8, 4) is 0 Å². The van der Waals surface area contributed by atoms with Gasteiger partial charge in [0.2, 0.25) is 0 Å². The first-order chi connectivity index (χ1) is 8.35. The predicted octanol–water partition coefficient (Wildman–Crippen LogP) is 2.51. The van der Waals surface area contributed by atoms with Gasteiger partial charge in [-0.1, -0.05) is 6.92 Å². The van der Waals surface area contributed by atoms with Gasteiger partial charge >= 0.3 is 5.97 Å². The molecule has 0 fully saturated rings. The van der Waals surface area contributed by atoms with Gasteiger partial charge in [0.25, 0.3) is 5.91 Å². The normalized spacial score (nSPS) is 14.0. The fourth-order valence-corrected chi connectivity index (χ4v) is 2.24. The second-order valence-corrected chi connectivity index (χ2v) is 5.05. The van der Waals surface area contributed by atoms with Gasteiger partial charge in [-0.25, -0.2) is 4.79 Å². The van der Waals surface area contributed by atoms with Gasteiger partial charge in [-0.3, -0.25) is 4.79 Å². The lowest BCUT2D eigenvalue weighted by atomic mass is 10.0. The zero-order valence-electron chi connectivity index (χ0n) is 10.9. The molecule has 1 aromatic rings. The van der Waals surface area contributed by atoms with Crippen molar-refractivity contribution in [2.24, 2.45) is 0 Å². The molecule has 100 valence electrons. The molecule has 0 aliphatic carbocycles. The molecular weight excluding hydrogens is 254 g/mol. The third-order valence-corrected chi connectivity index (χ3v) is 4.10. The van der Waals surface area contributed by atoms with Crippen LogP contribution in [0.15, 0.2) is 5.38 Å². The molecule has 6 heteroatoms. The summed E-state index contributed by atoms with van der Waals surface area (Å²) in [5.41, 5.74) is 0.138. The Labute approximate surface area is 110 Å². The van der Waals surface area contributed by atoms with Crippen LogP contribution in [0, 0.1) is 6.92 Å². The molecule has 0 saturated carbocycles. The van der Waals surface area contributed by atoms with E-state index in [0.717, 1.165) is 16.9 Å². The highest BCUT2D eigenvalue weighted by Gasteiger charge is 2.32. The summed E-state index contributed by atoms with van der Waals surface area (Å²) < 4.78 is 5.18. The number of anilines is 1. The van der Waals surface area contributed by atoms with Crippen molar-refractivity contribution in [3.63, 3.8) is 0 Å². The standard InChI is InChI=1S/C12H17NO4S/c1-5-12(3,17-4)11(16)13-8-7(2)6-18-9(8)10(14)15/h6H,5H2,1-4H3,(H,13,16)(H,14,15). The summed E-state index contributed by atoms with van der Waals surface area (Å²) in [6.07, 6.45) is 0.501. The SMILES string of the molecule is CCC(C)(OC)C(=O)Nc1c(C)csc1C(=O)O. The molecule has 0 aromatic carbocycles. The fraction of sp³-hybridized carbons (Fsp3) is 0.500. The largest absolute Gasteiger partial charge is 0.477 e. The van der Waals surface area contributed by atoms with Crippen molar-refractivity contribution in [3.05, 3.63) is 15.8 Å². The third kappa shape index (κ3) is 2.70. The van der Waals surface area contributed by atoms with Crippen molar-refractivity contribution >= 4 is 28.9 Å². The molecule has 0 bridgehead atoms. The number of carboxylic acids is 1. The molecule has 0 aliphatic rings. The monoisotopic (exact) mass is 271 g/mol. The number of thiophene rings is 1. The predicted molar refractivity (Wildman–Crippen MR) is 70.4 cm³/mol. The smallest absolute Gasteiger partial charge is 0.348 e. The Kier molecular flexibility index (Phi) is 4.48. The summed E-state index contributed by atoms with van der Waals surface area (Å²) in [5, 5.41) is 13.4. The molecule has 1 unspecified atom stereocenters. The van der Waals surface area contributed by atoms with Gasteiger partial charge in [0.05, 0.1) is 5.69 Å². The zero-order valence-corrected chi connectivity index (χ0v) is 11.7. The number of methoxy groups -OCH3 is 1. The number of amides is 1. The first-order valence-electron chi connectivity index (χ1n) is 5.53. The minimum Gasteiger partial charge on any atom is -0.477 e. The van der Waals surface area contributed by atoms with Crippen LogP contribution in [0.25, 0.3) is 0 Å². The lowest BCUT2D eigenvalue weighted by molar-refractivity contribution is -0.136. The summed E-state index contributed by atoms with van der Waals surface area (Å²) >= 11 is 1.10. The number of carboxylic acid groups (broad SMARTS) is 1. The fourth-order valence-electron chi connectivity index (χ4n) is 1.40. The minimum atomic E-state index is -1.04. The third-order valence-electron chi connectivity index (χ3n) is 3.01. The number of nitrogens with one attached hydrogen (secondary N) is 1. The first-order valence-corrected chi connectivity index (χ1v) is 6.41. The van der Waals surface area contributed by atoms with E-state index in [0.29, 0.717) is 12.1 Å². The molecule has 0 radical (unpaired) electrons. The van der Waals surface area contributed by atoms with Crippen LogP contribution in [0.1, 0.15) is 35.5 Å². The van der Waals surface area contributed by atoms with Gasteiger partial charge in [-0.05, 0) is 31.2 Å². The van der Waals surface area contributed by atoms with Gasteiger partial charge in [0.15, 0.2) is 0 Å². The Hall–Kier alpha value is -1.40. The highest BCUT2D eigenvalue weighted by atomic mass is 32.1. The Balaban J connectivity index is 3.01. The van der Waals surface area contributed by atoms with E-state index in [-0.39, 0.29) is 10.8 Å². The van der Waals surface area contributed by atoms with E-state index < -0.39 is 11.6 Å². The molecule has 1 atom stereocenters. The van der Waals surface area contributed by atoms with Crippen LogP contribution in [-0.2, 0) is 9.53 Å². The van der Waals surface area contributed by atoms with Crippen molar-refractivity contribution in [2.45, 2.75) is 32.8 Å². The number of ether oxygens (including phenoxy) is 1. The van der Waals surface area contributed by atoms with E-state index in [1.165, 1.54) is 7.11 Å². The first kappa shape index (κ1) is 14.7. The number of rotatable bonds is 5. The molecule has 5 nitrogen and oxygen atoms in total. The Morgan fingerprint density at radius 2 is 2.17 bits per heavy atom. The number of carbonyl (C=O) groups excluding carboxylic acids is 1. The van der Waals surface area contributed by atoms with Crippen LogP contribution in [0.3, 0.4) is 0 Å². The van der Waals surface area contributed by atoms with Gasteiger partial charge in [-0.15, -0.1) is 11.3 Å². The molecular formula is C12H17NO4S. The summed E-state index contributed by atoms with van der Waals surface area (Å²) in [6, 6.07) is 0. The number of hydrogen-bond acceptors (Lipinski definition) is 4. The molecule has 2 N–H and O–H groups in total. The summed E-state index contributed by atoms with van der Waals surface area (Å²) in [4.78, 5) is 23.3. The quantitative estimate of drug-likeness (QED) is 0.862. The van der Waals surface area contributed by atoms with E-state index in [1.54, 1.807) is 19.2 Å². The summed E-state index contributed by atoms with van der Waals surface area (Å²) in [7, 11) is 1.46. The van der Waals surface area contributed by atoms with E-state index in [9.17, 15) is 9.59 Å². The van der Waals surface area contributed by atoms with Crippen LogP contribution in [0.4, 0.5) is 5.69 Å². The number of aromatic carboxylic acids is 1. The van der Waals surface area contributed by atoms with Crippen LogP contribution in [-0.4, -0.2) is 29.7 Å². The van der Waals surface area contributed by atoms with Crippen LogP contribution in [0.2, 0.25) is 0 Å². The zero-order chi connectivity index (χ0) is 13.9. The highest BCUT2D eigenvalue weighted by Crippen LogP contribution is 2.29. The molecule has 0 spiro atoms. The average Bonchev–Trinajstić information content (AvgIpc) is 2.70. The van der Waals surface area contributed by atoms with Crippen LogP contribution in [0.5, 0.6) is 0 Å². The maximum absolute atomic E-state index is 12.1. The maximum atomic E-state index is 12.1. The molecule has 0 aliphatic heterocycles. The van der Waals surface area contributed by atoms with Gasteiger partial charge in [0.1, 0.15) is 10.5 Å². The number of aryl methyl sites for hydroxylation is 1. The molecule has 18 heavy (non-hydrogen) atoms. The van der Waals surface area contributed by atoms with Gasteiger partial charge in [-0.2, -0.15) is 0 Å². The van der Waals surface area contributed by atoms with E-state index in [2.05, 4.69) is 5.32 Å². The minimum absolute atomic E-state index is 0.135. The van der Waals surface area contributed by atoms with Crippen LogP contribution >= 0.6 is 11.3 Å². The Bertz CT molecular complexity index is 463. The topological polar surface area (TPSA) is 75.6 Å². The molecule has 1 heterocycles. The van der Waals surface area contributed by atoms with Crippen molar-refractivity contribution in [1.29, 1.82) is 0 Å². The summed E-state index contributed by atoms with van der Waals surface area (Å²) in [5.74, 6) is -1.38. The molecule has 1 amide bonds. The molecule has 1 rings (SSSR count).